The number of benzene rings is 2. The Bertz CT molecular complexity index is 1380. The lowest BCUT2D eigenvalue weighted by Gasteiger charge is -2.39. The fraction of sp³-hybridized carbons (Fsp3) is 0.472. The van der Waals surface area contributed by atoms with Gasteiger partial charge in [-0.25, -0.2) is 0 Å². The highest BCUT2D eigenvalue weighted by atomic mass is 16.6. The summed E-state index contributed by atoms with van der Waals surface area (Å²) in [6.45, 7) is 13.5. The standard InChI is InChI=1S/C36H45N3O6/c1-5-9-22-44-35(43)30-29-19-20-36(45-29)31(30)33(41)39(28(24-40)23-25-13-11-10-12-14-25)32(36)34(42)38(21-6-2)27-17-15-26(16-18-27)37(7-3)8-4/h5-6,10-18,28-32,40H,1-2,7-9,19-24H2,3-4H3/t28-,29+,30-,31+,32?,36?/m1/s1. The Hall–Kier alpha value is -3.95. The Morgan fingerprint density at radius 1 is 1.09 bits per heavy atom. The van der Waals surface area contributed by atoms with Crippen molar-refractivity contribution in [1.29, 1.82) is 0 Å². The van der Waals surface area contributed by atoms with Gasteiger partial charge in [0, 0.05) is 31.0 Å². The molecule has 0 saturated carbocycles. The lowest BCUT2D eigenvalue weighted by molar-refractivity contribution is -0.155. The first-order valence-electron chi connectivity index (χ1n) is 16.0. The Labute approximate surface area is 266 Å². The van der Waals surface area contributed by atoms with E-state index in [0.29, 0.717) is 31.4 Å². The second-order valence-corrected chi connectivity index (χ2v) is 12.0. The lowest BCUT2D eigenvalue weighted by atomic mass is 9.70. The van der Waals surface area contributed by atoms with Crippen LogP contribution in [0.25, 0.3) is 0 Å². The maximum Gasteiger partial charge on any atom is 0.312 e. The van der Waals surface area contributed by atoms with Gasteiger partial charge in [0.15, 0.2) is 0 Å². The Morgan fingerprint density at radius 2 is 1.78 bits per heavy atom. The normalized spacial score (nSPS) is 25.5. The molecule has 3 heterocycles. The van der Waals surface area contributed by atoms with Crippen LogP contribution in [-0.4, -0.2) is 84.4 Å². The van der Waals surface area contributed by atoms with Crippen molar-refractivity contribution < 1.29 is 29.0 Å². The fourth-order valence-electron chi connectivity index (χ4n) is 7.54. The number of carbonyl (C=O) groups is 3. The molecule has 2 aromatic rings. The number of esters is 1. The lowest BCUT2D eigenvalue weighted by Crippen LogP contribution is -2.59. The van der Waals surface area contributed by atoms with Gasteiger partial charge in [-0.3, -0.25) is 14.4 Å². The summed E-state index contributed by atoms with van der Waals surface area (Å²) >= 11 is 0. The molecule has 3 fully saturated rings. The number of hydrogen-bond donors (Lipinski definition) is 1. The molecule has 2 unspecified atom stereocenters. The number of rotatable bonds is 15. The molecular weight excluding hydrogens is 570 g/mol. The molecule has 0 radical (unpaired) electrons. The smallest absolute Gasteiger partial charge is 0.312 e. The van der Waals surface area contributed by atoms with Crippen LogP contribution in [0, 0.1) is 11.8 Å². The number of carbonyl (C=O) groups excluding carboxylic acids is 3. The summed E-state index contributed by atoms with van der Waals surface area (Å²) in [4.78, 5) is 48.2. The van der Waals surface area contributed by atoms with Gasteiger partial charge in [0.2, 0.25) is 5.91 Å². The van der Waals surface area contributed by atoms with Crippen LogP contribution in [0.1, 0.15) is 38.7 Å². The minimum absolute atomic E-state index is 0.162. The van der Waals surface area contributed by atoms with Crippen LogP contribution < -0.4 is 9.80 Å². The highest BCUT2D eigenvalue weighted by molar-refractivity contribution is 6.05. The van der Waals surface area contributed by atoms with E-state index in [1.807, 2.05) is 54.6 Å². The van der Waals surface area contributed by atoms with Crippen molar-refractivity contribution in [3.63, 3.8) is 0 Å². The van der Waals surface area contributed by atoms with Crippen LogP contribution in [0.3, 0.4) is 0 Å². The predicted molar refractivity (Wildman–Crippen MR) is 174 cm³/mol. The number of aliphatic hydroxyl groups excluding tert-OH is 1. The Balaban J connectivity index is 1.55. The van der Waals surface area contributed by atoms with Crippen molar-refractivity contribution >= 4 is 29.2 Å². The summed E-state index contributed by atoms with van der Waals surface area (Å²) < 4.78 is 12.2. The zero-order valence-electron chi connectivity index (χ0n) is 26.3. The first kappa shape index (κ1) is 32.4. The molecule has 3 aliphatic heterocycles. The molecule has 9 nitrogen and oxygen atoms in total. The van der Waals surface area contributed by atoms with Gasteiger partial charge < -0.3 is 29.3 Å². The van der Waals surface area contributed by atoms with Gasteiger partial charge in [-0.1, -0.05) is 42.5 Å². The summed E-state index contributed by atoms with van der Waals surface area (Å²) in [5, 5.41) is 10.7. The van der Waals surface area contributed by atoms with E-state index in [-0.39, 0.29) is 31.6 Å². The second-order valence-electron chi connectivity index (χ2n) is 12.0. The van der Waals surface area contributed by atoms with Crippen LogP contribution in [0.15, 0.2) is 79.9 Å². The second kappa shape index (κ2) is 14.0. The molecule has 3 aliphatic rings. The summed E-state index contributed by atoms with van der Waals surface area (Å²) in [5.74, 6) is -2.88. The van der Waals surface area contributed by atoms with E-state index in [1.54, 1.807) is 17.1 Å². The zero-order valence-corrected chi connectivity index (χ0v) is 26.3. The van der Waals surface area contributed by atoms with Crippen LogP contribution in [0.2, 0.25) is 0 Å². The van der Waals surface area contributed by atoms with Gasteiger partial charge in [-0.15, -0.1) is 13.2 Å². The predicted octanol–water partition coefficient (Wildman–Crippen LogP) is 4.15. The van der Waals surface area contributed by atoms with Crippen molar-refractivity contribution in [2.75, 3.05) is 42.6 Å². The van der Waals surface area contributed by atoms with E-state index in [1.165, 1.54) is 4.90 Å². The third-order valence-corrected chi connectivity index (χ3v) is 9.60. The Morgan fingerprint density at radius 3 is 2.40 bits per heavy atom. The molecule has 2 amide bonds. The molecule has 5 rings (SSSR count). The quantitative estimate of drug-likeness (QED) is 0.183. The van der Waals surface area contributed by atoms with Gasteiger partial charge in [0.25, 0.3) is 5.91 Å². The van der Waals surface area contributed by atoms with Gasteiger partial charge >= 0.3 is 5.97 Å². The molecule has 240 valence electrons. The molecule has 1 N–H and O–H groups in total. The molecule has 1 spiro atoms. The summed E-state index contributed by atoms with van der Waals surface area (Å²) in [7, 11) is 0. The van der Waals surface area contributed by atoms with E-state index >= 15 is 0 Å². The number of likely N-dealkylation sites (tertiary alicyclic amines) is 1. The maximum absolute atomic E-state index is 14.9. The van der Waals surface area contributed by atoms with E-state index in [4.69, 9.17) is 9.47 Å². The summed E-state index contributed by atoms with van der Waals surface area (Å²) in [6, 6.07) is 15.6. The zero-order chi connectivity index (χ0) is 32.1. The van der Waals surface area contributed by atoms with E-state index in [2.05, 4.69) is 31.9 Å². The summed E-state index contributed by atoms with van der Waals surface area (Å²) in [6.07, 6.45) is 4.63. The van der Waals surface area contributed by atoms with Crippen LogP contribution in [0.4, 0.5) is 11.4 Å². The van der Waals surface area contributed by atoms with Crippen molar-refractivity contribution in [1.82, 2.24) is 4.90 Å². The first-order valence-corrected chi connectivity index (χ1v) is 16.0. The largest absolute Gasteiger partial charge is 0.465 e. The van der Waals surface area contributed by atoms with E-state index in [9.17, 15) is 19.5 Å². The van der Waals surface area contributed by atoms with Gasteiger partial charge in [0.05, 0.1) is 37.2 Å². The minimum atomic E-state index is -1.22. The third-order valence-electron chi connectivity index (χ3n) is 9.60. The molecule has 6 atom stereocenters. The minimum Gasteiger partial charge on any atom is -0.465 e. The summed E-state index contributed by atoms with van der Waals surface area (Å²) in [5.41, 5.74) is 1.42. The monoisotopic (exact) mass is 615 g/mol. The van der Waals surface area contributed by atoms with E-state index < -0.39 is 41.6 Å². The van der Waals surface area contributed by atoms with Crippen molar-refractivity contribution in [3.05, 3.63) is 85.5 Å². The van der Waals surface area contributed by atoms with Crippen LogP contribution in [0.5, 0.6) is 0 Å². The molecule has 0 aliphatic carbocycles. The average molecular weight is 616 g/mol. The van der Waals surface area contributed by atoms with Gasteiger partial charge in [-0.2, -0.15) is 0 Å². The fourth-order valence-corrected chi connectivity index (χ4v) is 7.54. The molecule has 2 aromatic carbocycles. The number of nitrogens with zero attached hydrogens (tertiary/aromatic N) is 3. The molecule has 3 saturated heterocycles. The molecule has 45 heavy (non-hydrogen) atoms. The molecule has 2 bridgehead atoms. The number of ether oxygens (including phenoxy) is 2. The van der Waals surface area contributed by atoms with Gasteiger partial charge in [-0.05, 0) is 69.4 Å². The Kier molecular flexibility index (Phi) is 10.1. The van der Waals surface area contributed by atoms with Crippen molar-refractivity contribution in [2.24, 2.45) is 11.8 Å². The van der Waals surface area contributed by atoms with Crippen LogP contribution in [-0.2, 0) is 30.3 Å². The molecular formula is C36H45N3O6. The maximum atomic E-state index is 14.9. The average Bonchev–Trinajstić information content (AvgIpc) is 3.71. The van der Waals surface area contributed by atoms with Crippen LogP contribution >= 0.6 is 0 Å². The van der Waals surface area contributed by atoms with E-state index in [0.717, 1.165) is 24.3 Å². The van der Waals surface area contributed by atoms with Crippen molar-refractivity contribution in [3.8, 4) is 0 Å². The highest BCUT2D eigenvalue weighted by Crippen LogP contribution is 2.59. The number of amides is 2. The number of anilines is 2. The SMILES string of the molecule is C=CCCOC(=O)[C@@H]1[C@@H]2CCC3(O2)C(C(=O)N(CC=C)c2ccc(N(CC)CC)cc2)N([C@@H](CO)Cc2ccccc2)C(=O)[C@H]13. The third kappa shape index (κ3) is 5.91. The topological polar surface area (TPSA) is 99.6 Å². The van der Waals surface area contributed by atoms with Crippen molar-refractivity contribution in [2.45, 2.75) is 63.3 Å². The number of aliphatic hydroxyl groups is 1. The number of fused-ring (bicyclic) bond motifs is 1. The number of hydrogen-bond acceptors (Lipinski definition) is 7. The van der Waals surface area contributed by atoms with Gasteiger partial charge in [0.1, 0.15) is 11.6 Å². The molecule has 0 aromatic heterocycles. The molecule has 9 heteroatoms. The highest BCUT2D eigenvalue weighted by Gasteiger charge is 2.75. The first-order chi connectivity index (χ1) is 21.8.